The second-order valence-corrected chi connectivity index (χ2v) is 1.52. The molecule has 1 rings (SSSR count). The van der Waals surface area contributed by atoms with Gasteiger partial charge in [-0.1, -0.05) is 18.2 Å². The van der Waals surface area contributed by atoms with Crippen LogP contribution in [0.1, 0.15) is 0 Å². The molecule has 0 radical (unpaired) electrons. The summed E-state index contributed by atoms with van der Waals surface area (Å²) in [6, 6.07) is 9.68. The van der Waals surface area contributed by atoms with E-state index in [1.165, 1.54) is 0 Å². The third kappa shape index (κ3) is 2.19. The van der Waals surface area contributed by atoms with Crippen molar-refractivity contribution in [3.8, 4) is 5.75 Å². The summed E-state index contributed by atoms with van der Waals surface area (Å²) in [5.74, 6) is 0.910. The highest BCUT2D eigenvalue weighted by atomic mass is 16.4. The highest BCUT2D eigenvalue weighted by molar-refractivity contribution is 5.99. The average Bonchev–Trinajstić information content (AvgIpc) is 1.90. The fourth-order valence-electron chi connectivity index (χ4n) is 0.557. The first kappa shape index (κ1) is 8.04. The Morgan fingerprint density at radius 3 is 2.00 bits per heavy atom. The molecule has 0 bridgehead atoms. The minimum Gasteiger partial charge on any atom is -0.568 e. The highest BCUT2D eigenvalue weighted by Gasteiger charge is 1.79. The number of hydrogen-bond acceptors (Lipinski definition) is 2. The number of para-hydroxylation sites is 1. The van der Waals surface area contributed by atoms with E-state index >= 15 is 0 Å². The van der Waals surface area contributed by atoms with E-state index in [0.29, 0.717) is 0 Å². The monoisotopic (exact) mass is 123 g/mol. The third-order valence-electron chi connectivity index (χ3n) is 0.979. The molecule has 0 aliphatic heterocycles. The molecule has 0 aliphatic rings. The van der Waals surface area contributed by atoms with Crippen molar-refractivity contribution in [2.45, 2.75) is 0 Å². The van der Waals surface area contributed by atoms with Crippen LogP contribution in [0.15, 0.2) is 30.3 Å². The van der Waals surface area contributed by atoms with E-state index in [4.69, 9.17) is 4.65 Å². The summed E-state index contributed by atoms with van der Waals surface area (Å²) >= 11 is 0. The van der Waals surface area contributed by atoms with Crippen LogP contribution in [0.3, 0.4) is 0 Å². The van der Waals surface area contributed by atoms with Crippen LogP contribution in [0.2, 0.25) is 0 Å². The van der Waals surface area contributed by atoms with Gasteiger partial charge in [0.15, 0.2) is 0 Å². The normalized spacial score (nSPS) is 7.56. The van der Waals surface area contributed by atoms with Gasteiger partial charge in [0.1, 0.15) is 0 Å². The van der Waals surface area contributed by atoms with Gasteiger partial charge < -0.3 is 10.8 Å². The highest BCUT2D eigenvalue weighted by Crippen LogP contribution is 2.05. The number of hydrogen-bond donors (Lipinski definition) is 1. The van der Waals surface area contributed by atoms with Gasteiger partial charge in [0.2, 0.25) is 0 Å². The maximum Gasteiger partial charge on any atom is 0.322 e. The first-order valence-electron chi connectivity index (χ1n) is 2.52. The Bertz CT molecular complexity index is 154. The van der Waals surface area contributed by atoms with Gasteiger partial charge in [0.05, 0.1) is 5.75 Å². The minimum atomic E-state index is 0. The van der Waals surface area contributed by atoms with Gasteiger partial charge in [-0.25, -0.2) is 0 Å². The molecule has 0 saturated heterocycles. The van der Waals surface area contributed by atoms with E-state index in [0.717, 1.165) is 5.75 Å². The van der Waals surface area contributed by atoms with Crippen LogP contribution >= 0.6 is 0 Å². The quantitative estimate of drug-likeness (QED) is 0.560. The zero-order valence-electron chi connectivity index (χ0n) is 5.50. The third-order valence-corrected chi connectivity index (χ3v) is 0.979. The maximum absolute atomic E-state index is 4.91. The standard InChI is InChI=1S/C6H7BO.H3N/c7-8-6-4-2-1-3-5-6;/h1-5H,7H2;1H3. The Hall–Kier alpha value is -0.955. The Labute approximate surface area is 55.9 Å². The first-order valence-corrected chi connectivity index (χ1v) is 2.52. The maximum atomic E-state index is 4.91. The van der Waals surface area contributed by atoms with Crippen LogP contribution in [0.5, 0.6) is 5.75 Å². The van der Waals surface area contributed by atoms with E-state index in [9.17, 15) is 0 Å². The van der Waals surface area contributed by atoms with E-state index in [1.54, 1.807) is 8.05 Å². The van der Waals surface area contributed by atoms with E-state index in [2.05, 4.69) is 0 Å². The molecule has 0 atom stereocenters. The van der Waals surface area contributed by atoms with Gasteiger partial charge in [0.25, 0.3) is 0 Å². The predicted molar refractivity (Wildman–Crippen MR) is 40.6 cm³/mol. The average molecular weight is 123 g/mol. The first-order chi connectivity index (χ1) is 3.93. The molecule has 0 spiro atoms. The van der Waals surface area contributed by atoms with Gasteiger partial charge in [-0.3, -0.25) is 0 Å². The molecule has 1 aromatic rings. The van der Waals surface area contributed by atoms with E-state index < -0.39 is 0 Å². The summed E-state index contributed by atoms with van der Waals surface area (Å²) in [5, 5.41) is 0. The van der Waals surface area contributed by atoms with E-state index in [1.807, 2.05) is 30.3 Å². The van der Waals surface area contributed by atoms with Crippen LogP contribution in [0.25, 0.3) is 0 Å². The Balaban J connectivity index is 0.000000640. The SMILES string of the molecule is BOc1ccccc1.N. The predicted octanol–water partition coefficient (Wildman–Crippen LogP) is 0.775. The molecule has 0 amide bonds. The number of benzene rings is 1. The molecule has 0 heterocycles. The lowest BCUT2D eigenvalue weighted by molar-refractivity contribution is 0.616. The Kier molecular flexibility index (Phi) is 3.56. The fourth-order valence-corrected chi connectivity index (χ4v) is 0.557. The lowest BCUT2D eigenvalue weighted by Gasteiger charge is -1.95. The van der Waals surface area contributed by atoms with Crippen LogP contribution in [0.4, 0.5) is 0 Å². The van der Waals surface area contributed by atoms with Gasteiger partial charge in [-0.2, -0.15) is 0 Å². The van der Waals surface area contributed by atoms with Crippen molar-refractivity contribution < 1.29 is 4.65 Å². The van der Waals surface area contributed by atoms with Crippen molar-refractivity contribution in [2.75, 3.05) is 0 Å². The second-order valence-electron chi connectivity index (χ2n) is 1.52. The molecule has 3 N–H and O–H groups in total. The van der Waals surface area contributed by atoms with Crippen molar-refractivity contribution in [1.29, 1.82) is 0 Å². The summed E-state index contributed by atoms with van der Waals surface area (Å²) in [7, 11) is 1.66. The van der Waals surface area contributed by atoms with Crippen LogP contribution in [-0.4, -0.2) is 8.05 Å². The summed E-state index contributed by atoms with van der Waals surface area (Å²) in [6.45, 7) is 0. The zero-order valence-corrected chi connectivity index (χ0v) is 5.50. The molecular formula is C6H10BNO. The fraction of sp³-hybridized carbons (Fsp3) is 0. The molecule has 48 valence electrons. The molecule has 0 fully saturated rings. The van der Waals surface area contributed by atoms with Crippen molar-refractivity contribution in [3.63, 3.8) is 0 Å². The molecular weight excluding hydrogens is 113 g/mol. The molecule has 3 heteroatoms. The smallest absolute Gasteiger partial charge is 0.322 e. The molecule has 0 aliphatic carbocycles. The van der Waals surface area contributed by atoms with Gasteiger partial charge in [-0.15, -0.1) is 0 Å². The van der Waals surface area contributed by atoms with Crippen LogP contribution < -0.4 is 10.8 Å². The molecule has 1 aromatic carbocycles. The Morgan fingerprint density at radius 2 is 1.67 bits per heavy atom. The minimum absolute atomic E-state index is 0. The van der Waals surface area contributed by atoms with Crippen LogP contribution in [0, 0.1) is 0 Å². The molecule has 2 nitrogen and oxygen atoms in total. The zero-order chi connectivity index (χ0) is 5.82. The largest absolute Gasteiger partial charge is 0.568 e. The summed E-state index contributed by atoms with van der Waals surface area (Å²) < 4.78 is 4.91. The van der Waals surface area contributed by atoms with Gasteiger partial charge >= 0.3 is 8.05 Å². The Morgan fingerprint density at radius 1 is 1.11 bits per heavy atom. The molecule has 0 saturated carbocycles. The lowest BCUT2D eigenvalue weighted by Crippen LogP contribution is -1.81. The molecule has 9 heavy (non-hydrogen) atoms. The summed E-state index contributed by atoms with van der Waals surface area (Å²) in [6.07, 6.45) is 0. The summed E-state index contributed by atoms with van der Waals surface area (Å²) in [4.78, 5) is 0. The van der Waals surface area contributed by atoms with Gasteiger partial charge in [-0.05, 0) is 12.1 Å². The van der Waals surface area contributed by atoms with Gasteiger partial charge in [0, 0.05) is 0 Å². The second kappa shape index (κ2) is 3.98. The van der Waals surface area contributed by atoms with Crippen molar-refractivity contribution in [3.05, 3.63) is 30.3 Å². The van der Waals surface area contributed by atoms with Crippen molar-refractivity contribution >= 4 is 8.05 Å². The number of rotatable bonds is 1. The van der Waals surface area contributed by atoms with Crippen molar-refractivity contribution in [1.82, 2.24) is 6.15 Å². The molecule has 0 aromatic heterocycles. The van der Waals surface area contributed by atoms with Crippen LogP contribution in [-0.2, 0) is 0 Å². The molecule has 0 unspecified atom stereocenters. The topological polar surface area (TPSA) is 44.2 Å². The lowest BCUT2D eigenvalue weighted by atomic mass is 10.3. The summed E-state index contributed by atoms with van der Waals surface area (Å²) in [5.41, 5.74) is 0. The van der Waals surface area contributed by atoms with Crippen molar-refractivity contribution in [2.24, 2.45) is 0 Å². The van der Waals surface area contributed by atoms with E-state index in [-0.39, 0.29) is 6.15 Å².